The van der Waals surface area contributed by atoms with Gasteiger partial charge in [0, 0.05) is 18.4 Å². The lowest BCUT2D eigenvalue weighted by atomic mass is 9.70. The second-order valence-electron chi connectivity index (χ2n) is 7.26. The summed E-state index contributed by atoms with van der Waals surface area (Å²) < 4.78 is 11.1. The van der Waals surface area contributed by atoms with E-state index in [1.807, 2.05) is 26.0 Å². The molecule has 1 aliphatic heterocycles. The van der Waals surface area contributed by atoms with Gasteiger partial charge < -0.3 is 15.2 Å². The molecule has 132 valence electrons. The molecule has 0 bridgehead atoms. The number of ketones is 1. The predicted molar refractivity (Wildman–Crippen MR) is 96.5 cm³/mol. The molecule has 0 unspecified atom stereocenters. The zero-order valence-corrected chi connectivity index (χ0v) is 14.8. The Kier molecular flexibility index (Phi) is 4.49. The number of hydrogen-bond donors (Lipinski definition) is 1. The lowest BCUT2D eigenvalue weighted by Crippen LogP contribution is -2.33. The van der Waals surface area contributed by atoms with Crippen molar-refractivity contribution in [3.63, 3.8) is 0 Å². The minimum Gasteiger partial charge on any atom is -0.481 e. The molecule has 0 radical (unpaired) electrons. The van der Waals surface area contributed by atoms with Crippen molar-refractivity contribution in [2.75, 3.05) is 6.61 Å². The molecule has 0 saturated carbocycles. The van der Waals surface area contributed by atoms with E-state index in [0.29, 0.717) is 29.9 Å². The number of nitrogens with two attached hydrogens (primary N) is 1. The molecule has 0 spiro atoms. The summed E-state index contributed by atoms with van der Waals surface area (Å²) in [7, 11) is 0. The summed E-state index contributed by atoms with van der Waals surface area (Å²) in [5.41, 5.74) is 7.39. The van der Waals surface area contributed by atoms with Crippen molar-refractivity contribution in [1.29, 1.82) is 5.26 Å². The maximum absolute atomic E-state index is 12.8. The Morgan fingerprint density at radius 2 is 2.04 bits per heavy atom. The van der Waals surface area contributed by atoms with E-state index in [2.05, 4.69) is 12.0 Å². The highest BCUT2D eigenvalue weighted by Crippen LogP contribution is 2.47. The fraction of sp³-hybridized carbons (Fsp3) is 0.333. The summed E-state index contributed by atoms with van der Waals surface area (Å²) in [6.45, 7) is 4.21. The first-order valence-corrected chi connectivity index (χ1v) is 8.36. The number of ether oxygens (including phenoxy) is 2. The Bertz CT molecular complexity index is 893. The van der Waals surface area contributed by atoms with E-state index in [1.54, 1.807) is 12.1 Å². The lowest BCUT2D eigenvalue weighted by molar-refractivity contribution is -0.119. The number of carbonyl (C=O) groups excluding carboxylic acids is 1. The van der Waals surface area contributed by atoms with E-state index in [0.717, 1.165) is 5.56 Å². The van der Waals surface area contributed by atoms with Gasteiger partial charge in [-0.3, -0.25) is 4.79 Å². The molecule has 1 aromatic rings. The lowest BCUT2D eigenvalue weighted by Gasteiger charge is -2.37. The summed E-state index contributed by atoms with van der Waals surface area (Å²) >= 11 is 0. The van der Waals surface area contributed by atoms with Crippen LogP contribution in [0.5, 0.6) is 5.75 Å². The van der Waals surface area contributed by atoms with Gasteiger partial charge in [-0.05, 0) is 23.1 Å². The number of benzene rings is 1. The van der Waals surface area contributed by atoms with Gasteiger partial charge in [0.2, 0.25) is 5.88 Å². The Labute approximate surface area is 153 Å². The first-order valence-electron chi connectivity index (χ1n) is 8.36. The average molecular weight is 348 g/mol. The van der Waals surface area contributed by atoms with Crippen LogP contribution in [0, 0.1) is 29.1 Å². The van der Waals surface area contributed by atoms with Crippen molar-refractivity contribution in [2.24, 2.45) is 11.1 Å². The maximum atomic E-state index is 12.8. The fourth-order valence-electron chi connectivity index (χ4n) is 3.50. The van der Waals surface area contributed by atoms with E-state index in [9.17, 15) is 10.1 Å². The van der Waals surface area contributed by atoms with Crippen molar-refractivity contribution in [2.45, 2.75) is 32.6 Å². The number of terminal acetylenes is 1. The minimum absolute atomic E-state index is 0.00541. The van der Waals surface area contributed by atoms with E-state index in [1.165, 1.54) is 0 Å². The molecular formula is C21H20N2O3. The van der Waals surface area contributed by atoms with Crippen LogP contribution in [0.25, 0.3) is 0 Å². The van der Waals surface area contributed by atoms with Crippen molar-refractivity contribution >= 4 is 5.78 Å². The highest BCUT2D eigenvalue weighted by atomic mass is 16.5. The molecular weight excluding hydrogens is 328 g/mol. The van der Waals surface area contributed by atoms with Gasteiger partial charge in [0.25, 0.3) is 0 Å². The van der Waals surface area contributed by atoms with Crippen molar-refractivity contribution in [1.82, 2.24) is 0 Å². The third-order valence-electron chi connectivity index (χ3n) is 4.61. The maximum Gasteiger partial charge on any atom is 0.205 e. The van der Waals surface area contributed by atoms with Gasteiger partial charge in [0.05, 0.1) is 5.92 Å². The summed E-state index contributed by atoms with van der Waals surface area (Å²) in [6, 6.07) is 9.30. The molecule has 1 aliphatic carbocycles. The zero-order chi connectivity index (χ0) is 18.9. The molecule has 26 heavy (non-hydrogen) atoms. The molecule has 1 atom stereocenters. The molecule has 0 aromatic heterocycles. The van der Waals surface area contributed by atoms with Crippen LogP contribution in [0.1, 0.15) is 38.2 Å². The first-order chi connectivity index (χ1) is 12.4. The summed E-state index contributed by atoms with van der Waals surface area (Å²) in [5.74, 6) is 3.14. The third-order valence-corrected chi connectivity index (χ3v) is 4.61. The number of allylic oxidation sites excluding steroid dienone is 3. The quantitative estimate of drug-likeness (QED) is 0.848. The Morgan fingerprint density at radius 1 is 1.35 bits per heavy atom. The van der Waals surface area contributed by atoms with Crippen LogP contribution in [-0.4, -0.2) is 12.4 Å². The zero-order valence-electron chi connectivity index (χ0n) is 14.8. The summed E-state index contributed by atoms with van der Waals surface area (Å²) in [5, 5.41) is 9.59. The van der Waals surface area contributed by atoms with Crippen LogP contribution in [0.4, 0.5) is 0 Å². The third kappa shape index (κ3) is 3.17. The minimum atomic E-state index is -0.519. The molecule has 1 heterocycles. The second kappa shape index (κ2) is 6.61. The predicted octanol–water partition coefficient (Wildman–Crippen LogP) is 3.15. The number of hydrogen-bond acceptors (Lipinski definition) is 5. The number of carbonyl (C=O) groups is 1. The largest absolute Gasteiger partial charge is 0.481 e. The Balaban J connectivity index is 2.05. The van der Waals surface area contributed by atoms with Crippen molar-refractivity contribution in [3.8, 4) is 24.2 Å². The number of nitriles is 1. The highest BCUT2D eigenvalue weighted by Gasteiger charge is 2.42. The second-order valence-corrected chi connectivity index (χ2v) is 7.26. The highest BCUT2D eigenvalue weighted by molar-refractivity contribution is 6.00. The van der Waals surface area contributed by atoms with E-state index < -0.39 is 5.92 Å². The van der Waals surface area contributed by atoms with E-state index in [4.69, 9.17) is 21.6 Å². The van der Waals surface area contributed by atoms with Crippen LogP contribution in [0.15, 0.2) is 47.1 Å². The molecule has 0 saturated heterocycles. The SMILES string of the molecule is C#CCOc1ccc([C@@H]2C(C#N)=C(N)OC3=C2C(=O)CC(C)(C)C3)cc1. The Hall–Kier alpha value is -3.18. The molecule has 3 rings (SSSR count). The molecule has 5 nitrogen and oxygen atoms in total. The fourth-order valence-corrected chi connectivity index (χ4v) is 3.50. The van der Waals surface area contributed by atoms with Crippen molar-refractivity contribution < 1.29 is 14.3 Å². The van der Waals surface area contributed by atoms with E-state index in [-0.39, 0.29) is 29.3 Å². The van der Waals surface area contributed by atoms with Gasteiger partial charge in [0.1, 0.15) is 29.8 Å². The number of Topliss-reactive ketones (excluding diaryl/α,β-unsaturated/α-hetero) is 1. The van der Waals surface area contributed by atoms with Crippen LogP contribution in [0.2, 0.25) is 0 Å². The molecule has 5 heteroatoms. The first kappa shape index (κ1) is 17.6. The summed E-state index contributed by atoms with van der Waals surface area (Å²) in [6.07, 6.45) is 6.21. The topological polar surface area (TPSA) is 85.3 Å². The molecule has 0 amide bonds. The standard InChI is InChI=1S/C21H20N2O3/c1-4-9-25-14-7-5-13(6-8-14)18-15(12-22)20(23)26-17-11-21(2,3)10-16(24)19(17)18/h1,5-8,18H,9-11,23H2,2-3H3/t18-/m1/s1. The van der Waals surface area contributed by atoms with Gasteiger partial charge >= 0.3 is 0 Å². The number of rotatable bonds is 3. The van der Waals surface area contributed by atoms with Gasteiger partial charge in [0.15, 0.2) is 5.78 Å². The van der Waals surface area contributed by atoms with Crippen LogP contribution in [-0.2, 0) is 9.53 Å². The molecule has 2 N–H and O–H groups in total. The summed E-state index contributed by atoms with van der Waals surface area (Å²) in [4.78, 5) is 12.8. The van der Waals surface area contributed by atoms with Gasteiger partial charge in [-0.2, -0.15) is 5.26 Å². The monoisotopic (exact) mass is 348 g/mol. The molecule has 0 fully saturated rings. The molecule has 2 aliphatic rings. The Morgan fingerprint density at radius 3 is 2.65 bits per heavy atom. The molecule has 1 aromatic carbocycles. The van der Waals surface area contributed by atoms with Gasteiger partial charge in [-0.25, -0.2) is 0 Å². The van der Waals surface area contributed by atoms with Crippen molar-refractivity contribution in [3.05, 3.63) is 52.6 Å². The van der Waals surface area contributed by atoms with Crippen LogP contribution in [0.3, 0.4) is 0 Å². The van der Waals surface area contributed by atoms with Crippen LogP contribution < -0.4 is 10.5 Å². The van der Waals surface area contributed by atoms with E-state index >= 15 is 0 Å². The normalized spacial score (nSPS) is 21.4. The smallest absolute Gasteiger partial charge is 0.205 e. The van der Waals surface area contributed by atoms with Crippen LogP contribution >= 0.6 is 0 Å². The van der Waals surface area contributed by atoms with Gasteiger partial charge in [-0.15, -0.1) is 6.42 Å². The number of nitrogens with zero attached hydrogens (tertiary/aromatic N) is 1. The average Bonchev–Trinajstić information content (AvgIpc) is 2.58. The van der Waals surface area contributed by atoms with Gasteiger partial charge in [-0.1, -0.05) is 31.9 Å².